The van der Waals surface area contributed by atoms with Crippen LogP contribution in [0.15, 0.2) is 0 Å². The van der Waals surface area contributed by atoms with Gasteiger partial charge in [-0.25, -0.2) is 16.8 Å². The van der Waals surface area contributed by atoms with Crippen molar-refractivity contribution in [1.29, 1.82) is 0 Å². The summed E-state index contributed by atoms with van der Waals surface area (Å²) in [6.45, 7) is 2.01. The van der Waals surface area contributed by atoms with E-state index < -0.39 is 20.0 Å². The summed E-state index contributed by atoms with van der Waals surface area (Å²) in [5, 5.41) is 0. The van der Waals surface area contributed by atoms with Gasteiger partial charge in [0.15, 0.2) is 0 Å². The van der Waals surface area contributed by atoms with Crippen molar-refractivity contribution < 1.29 is 16.8 Å². The molecule has 0 aliphatic heterocycles. The molecule has 0 atom stereocenters. The number of hydrogen-bond donors (Lipinski definition) is 0. The van der Waals surface area contributed by atoms with Gasteiger partial charge in [-0.15, -0.1) is 0 Å². The summed E-state index contributed by atoms with van der Waals surface area (Å²) < 4.78 is 45.0. The predicted molar refractivity (Wildman–Crippen MR) is 55.9 cm³/mol. The van der Waals surface area contributed by atoms with Crippen LogP contribution in [0.1, 0.15) is 26.2 Å². The van der Waals surface area contributed by atoms with E-state index in [9.17, 15) is 16.8 Å². The van der Waals surface area contributed by atoms with Gasteiger partial charge in [0.25, 0.3) is 0 Å². The summed E-state index contributed by atoms with van der Waals surface area (Å²) in [7, 11) is -7.32. The monoisotopic (exact) mass is 243 g/mol. The summed E-state index contributed by atoms with van der Waals surface area (Å²) in [6, 6.07) is 0. The van der Waals surface area contributed by atoms with Crippen LogP contribution in [0.4, 0.5) is 0 Å². The summed E-state index contributed by atoms with van der Waals surface area (Å²) in [5.41, 5.74) is 0. The first-order chi connectivity index (χ1) is 6.19. The molecule has 0 rings (SSSR count). The summed E-state index contributed by atoms with van der Waals surface area (Å²) in [4.78, 5) is 0. The standard InChI is InChI=1S/C7H17NO4S2/c1-4-5-6-7-8(13(2,9)10)14(3,11)12/h4-7H2,1-3H3. The second kappa shape index (κ2) is 5.09. The maximum atomic E-state index is 11.1. The van der Waals surface area contributed by atoms with Gasteiger partial charge in [-0.1, -0.05) is 23.5 Å². The first-order valence-electron chi connectivity index (χ1n) is 4.37. The largest absolute Gasteiger partial charge is 0.224 e. The second-order valence-corrected chi connectivity index (χ2v) is 7.27. The minimum atomic E-state index is -3.66. The molecular formula is C7H17NO4S2. The average molecular weight is 243 g/mol. The lowest BCUT2D eigenvalue weighted by Gasteiger charge is -2.16. The molecule has 0 aromatic heterocycles. The molecule has 0 amide bonds. The highest BCUT2D eigenvalue weighted by molar-refractivity contribution is 8.03. The fourth-order valence-electron chi connectivity index (χ4n) is 1.07. The molecule has 0 heterocycles. The van der Waals surface area contributed by atoms with Crippen LogP contribution in [0.3, 0.4) is 0 Å². The van der Waals surface area contributed by atoms with Crippen LogP contribution in [-0.2, 0) is 20.0 Å². The third-order valence-corrected chi connectivity index (χ3v) is 5.15. The van der Waals surface area contributed by atoms with Crippen molar-refractivity contribution in [2.75, 3.05) is 19.1 Å². The van der Waals surface area contributed by atoms with Crippen molar-refractivity contribution in [3.63, 3.8) is 0 Å². The highest BCUT2D eigenvalue weighted by atomic mass is 32.3. The molecule has 86 valence electrons. The molecule has 0 aromatic carbocycles. The number of rotatable bonds is 6. The minimum Gasteiger partial charge on any atom is -0.212 e. The van der Waals surface area contributed by atoms with Crippen LogP contribution in [0.5, 0.6) is 0 Å². The zero-order chi connectivity index (χ0) is 11.4. The molecule has 5 nitrogen and oxygen atoms in total. The molecule has 0 aromatic rings. The first kappa shape index (κ1) is 13.9. The van der Waals surface area contributed by atoms with Crippen molar-refractivity contribution >= 4 is 20.0 Å². The molecule has 0 saturated carbocycles. The Labute approximate surface area is 86.2 Å². The normalized spacial score (nSPS) is 13.4. The van der Waals surface area contributed by atoms with Crippen molar-refractivity contribution in [3.8, 4) is 0 Å². The van der Waals surface area contributed by atoms with Crippen LogP contribution in [0.25, 0.3) is 0 Å². The molecule has 0 saturated heterocycles. The molecule has 0 spiro atoms. The predicted octanol–water partition coefficient (Wildman–Crippen LogP) is 0.398. The van der Waals surface area contributed by atoms with Gasteiger partial charge in [-0.2, -0.15) is 0 Å². The van der Waals surface area contributed by atoms with Gasteiger partial charge in [0.05, 0.1) is 12.5 Å². The maximum absolute atomic E-state index is 11.1. The Morgan fingerprint density at radius 3 is 1.64 bits per heavy atom. The summed E-state index contributed by atoms with van der Waals surface area (Å²) in [5.74, 6) is 0. The Hall–Kier alpha value is -0.140. The fourth-order valence-corrected chi connectivity index (χ4v) is 3.96. The molecule has 0 N–H and O–H groups in total. The van der Waals surface area contributed by atoms with E-state index in [4.69, 9.17) is 0 Å². The Morgan fingerprint density at radius 2 is 1.36 bits per heavy atom. The summed E-state index contributed by atoms with van der Waals surface area (Å²) >= 11 is 0. The zero-order valence-corrected chi connectivity index (χ0v) is 10.4. The second-order valence-electron chi connectivity index (χ2n) is 3.23. The van der Waals surface area contributed by atoms with E-state index in [2.05, 4.69) is 0 Å². The molecule has 0 radical (unpaired) electrons. The van der Waals surface area contributed by atoms with Crippen LogP contribution in [-0.4, -0.2) is 39.6 Å². The van der Waals surface area contributed by atoms with E-state index in [1.165, 1.54) is 0 Å². The quantitative estimate of drug-likeness (QED) is 0.633. The van der Waals surface area contributed by atoms with Crippen LogP contribution < -0.4 is 0 Å². The lowest BCUT2D eigenvalue weighted by Crippen LogP contribution is -2.35. The number of hydrogen-bond acceptors (Lipinski definition) is 4. The molecule has 14 heavy (non-hydrogen) atoms. The van der Waals surface area contributed by atoms with Gasteiger partial charge in [-0.3, -0.25) is 0 Å². The molecule has 0 bridgehead atoms. The summed E-state index contributed by atoms with van der Waals surface area (Å²) in [6.07, 6.45) is 4.11. The fraction of sp³-hybridized carbons (Fsp3) is 1.00. The van der Waals surface area contributed by atoms with Gasteiger partial charge in [0, 0.05) is 6.54 Å². The van der Waals surface area contributed by atoms with Crippen LogP contribution in [0, 0.1) is 0 Å². The number of nitrogens with zero attached hydrogens (tertiary/aromatic N) is 1. The van der Waals surface area contributed by atoms with Crippen molar-refractivity contribution in [1.82, 2.24) is 3.71 Å². The molecule has 7 heteroatoms. The lowest BCUT2D eigenvalue weighted by atomic mass is 10.3. The number of unbranched alkanes of at least 4 members (excludes halogenated alkanes) is 2. The van der Waals surface area contributed by atoms with E-state index >= 15 is 0 Å². The molecule has 0 aliphatic carbocycles. The van der Waals surface area contributed by atoms with Crippen LogP contribution in [0.2, 0.25) is 0 Å². The van der Waals surface area contributed by atoms with Gasteiger partial charge in [0.2, 0.25) is 20.0 Å². The van der Waals surface area contributed by atoms with Crippen LogP contribution >= 0.6 is 0 Å². The van der Waals surface area contributed by atoms with Crippen molar-refractivity contribution in [2.24, 2.45) is 0 Å². The molecular weight excluding hydrogens is 226 g/mol. The first-order valence-corrected chi connectivity index (χ1v) is 8.07. The Kier molecular flexibility index (Phi) is 5.03. The smallest absolute Gasteiger partial charge is 0.212 e. The van der Waals surface area contributed by atoms with Crippen molar-refractivity contribution in [2.45, 2.75) is 26.2 Å². The van der Waals surface area contributed by atoms with Gasteiger partial charge < -0.3 is 0 Å². The number of sulfonamides is 2. The Balaban J connectivity index is 4.62. The van der Waals surface area contributed by atoms with E-state index in [1.54, 1.807) is 0 Å². The average Bonchev–Trinajstić information content (AvgIpc) is 1.92. The van der Waals surface area contributed by atoms with E-state index in [1.807, 2.05) is 6.92 Å². The zero-order valence-electron chi connectivity index (χ0n) is 8.73. The Bertz CT molecular complexity index is 325. The highest BCUT2D eigenvalue weighted by Crippen LogP contribution is 2.07. The maximum Gasteiger partial charge on any atom is 0.224 e. The molecule has 0 aliphatic rings. The van der Waals surface area contributed by atoms with Gasteiger partial charge in [-0.05, 0) is 6.42 Å². The van der Waals surface area contributed by atoms with Gasteiger partial charge in [0.1, 0.15) is 0 Å². The van der Waals surface area contributed by atoms with E-state index in [0.29, 0.717) is 10.1 Å². The van der Waals surface area contributed by atoms with Gasteiger partial charge >= 0.3 is 0 Å². The third-order valence-electron chi connectivity index (χ3n) is 1.68. The molecule has 0 unspecified atom stereocenters. The van der Waals surface area contributed by atoms with Crippen molar-refractivity contribution in [3.05, 3.63) is 0 Å². The van der Waals surface area contributed by atoms with E-state index in [-0.39, 0.29) is 6.54 Å². The Morgan fingerprint density at radius 1 is 0.929 bits per heavy atom. The topological polar surface area (TPSA) is 71.5 Å². The van der Waals surface area contributed by atoms with E-state index in [0.717, 1.165) is 25.4 Å². The SMILES string of the molecule is CCCCCN(S(C)(=O)=O)S(C)(=O)=O. The molecule has 0 fully saturated rings. The lowest BCUT2D eigenvalue weighted by molar-refractivity contribution is 0.492. The highest BCUT2D eigenvalue weighted by Gasteiger charge is 2.25. The third kappa shape index (κ3) is 4.92. The minimum absolute atomic E-state index is 0.0471.